The second-order valence-electron chi connectivity index (χ2n) is 2.70. The van der Waals surface area contributed by atoms with Gasteiger partial charge in [-0.25, -0.2) is 0 Å². The van der Waals surface area contributed by atoms with Crippen LogP contribution in [-0.2, 0) is 9.53 Å². The SMILES string of the molecule is CC(=O)OC1CC[C@H](O)C1. The molecule has 10 heavy (non-hydrogen) atoms. The lowest BCUT2D eigenvalue weighted by Gasteiger charge is -2.08. The second-order valence-corrected chi connectivity index (χ2v) is 2.70. The van der Waals surface area contributed by atoms with Crippen LogP contribution in [0.2, 0.25) is 0 Å². The number of ether oxygens (including phenoxy) is 1. The third kappa shape index (κ3) is 1.99. The fourth-order valence-electron chi connectivity index (χ4n) is 1.26. The molecule has 0 amide bonds. The highest BCUT2D eigenvalue weighted by Gasteiger charge is 2.24. The van der Waals surface area contributed by atoms with Crippen molar-refractivity contribution in [1.29, 1.82) is 0 Å². The summed E-state index contributed by atoms with van der Waals surface area (Å²) in [4.78, 5) is 10.4. The molecule has 1 saturated carbocycles. The number of hydrogen-bond donors (Lipinski definition) is 1. The van der Waals surface area contributed by atoms with Crippen molar-refractivity contribution in [3.63, 3.8) is 0 Å². The summed E-state index contributed by atoms with van der Waals surface area (Å²) < 4.78 is 4.88. The zero-order valence-corrected chi connectivity index (χ0v) is 6.04. The van der Waals surface area contributed by atoms with E-state index < -0.39 is 0 Å². The second kappa shape index (κ2) is 3.01. The average Bonchev–Trinajstić information content (AvgIpc) is 2.13. The molecule has 1 aliphatic carbocycles. The van der Waals surface area contributed by atoms with Crippen LogP contribution in [0.1, 0.15) is 26.2 Å². The predicted octanol–water partition coefficient (Wildman–Crippen LogP) is 0.463. The quantitative estimate of drug-likeness (QED) is 0.544. The van der Waals surface area contributed by atoms with Gasteiger partial charge in [0.2, 0.25) is 0 Å². The summed E-state index contributed by atoms with van der Waals surface area (Å²) in [6.07, 6.45) is 1.88. The molecule has 0 aromatic rings. The fraction of sp³-hybridized carbons (Fsp3) is 0.857. The topological polar surface area (TPSA) is 46.5 Å². The van der Waals surface area contributed by atoms with E-state index in [1.165, 1.54) is 6.92 Å². The molecule has 58 valence electrons. The van der Waals surface area contributed by atoms with Crippen LogP contribution < -0.4 is 0 Å². The molecule has 1 fully saturated rings. The molecule has 1 unspecified atom stereocenters. The molecule has 0 aromatic carbocycles. The van der Waals surface area contributed by atoms with Crippen molar-refractivity contribution in [2.45, 2.75) is 38.4 Å². The van der Waals surface area contributed by atoms with Crippen molar-refractivity contribution >= 4 is 5.97 Å². The number of esters is 1. The van der Waals surface area contributed by atoms with Gasteiger partial charge in [0.25, 0.3) is 0 Å². The van der Waals surface area contributed by atoms with Crippen molar-refractivity contribution in [2.24, 2.45) is 0 Å². The third-order valence-electron chi connectivity index (χ3n) is 1.69. The van der Waals surface area contributed by atoms with E-state index in [9.17, 15) is 4.79 Å². The van der Waals surface area contributed by atoms with Gasteiger partial charge in [0.1, 0.15) is 6.10 Å². The number of aliphatic hydroxyl groups excluding tert-OH is 1. The van der Waals surface area contributed by atoms with Gasteiger partial charge in [0.05, 0.1) is 6.10 Å². The van der Waals surface area contributed by atoms with Gasteiger partial charge in [-0.05, 0) is 12.8 Å². The van der Waals surface area contributed by atoms with Crippen LogP contribution in [-0.4, -0.2) is 23.3 Å². The first kappa shape index (κ1) is 7.54. The summed E-state index contributed by atoms with van der Waals surface area (Å²) in [6, 6.07) is 0. The van der Waals surface area contributed by atoms with Crippen LogP contribution in [0, 0.1) is 0 Å². The third-order valence-corrected chi connectivity index (χ3v) is 1.69. The van der Waals surface area contributed by atoms with E-state index in [4.69, 9.17) is 9.84 Å². The van der Waals surface area contributed by atoms with Gasteiger partial charge >= 0.3 is 5.97 Å². The Morgan fingerprint density at radius 1 is 1.60 bits per heavy atom. The fourth-order valence-corrected chi connectivity index (χ4v) is 1.26. The zero-order chi connectivity index (χ0) is 7.56. The molecule has 1 aliphatic rings. The number of aliphatic hydroxyl groups is 1. The Kier molecular flexibility index (Phi) is 2.27. The Morgan fingerprint density at radius 3 is 2.70 bits per heavy atom. The van der Waals surface area contributed by atoms with Crippen molar-refractivity contribution in [3.05, 3.63) is 0 Å². The lowest BCUT2D eigenvalue weighted by molar-refractivity contribution is -0.146. The highest BCUT2D eigenvalue weighted by Crippen LogP contribution is 2.21. The van der Waals surface area contributed by atoms with Crippen LogP contribution in [0.3, 0.4) is 0 Å². The van der Waals surface area contributed by atoms with Gasteiger partial charge in [-0.15, -0.1) is 0 Å². The highest BCUT2D eigenvalue weighted by atomic mass is 16.5. The van der Waals surface area contributed by atoms with Crippen molar-refractivity contribution in [3.8, 4) is 0 Å². The summed E-state index contributed by atoms with van der Waals surface area (Å²) in [5.41, 5.74) is 0. The normalized spacial score (nSPS) is 32.2. The van der Waals surface area contributed by atoms with Gasteiger partial charge in [0, 0.05) is 13.3 Å². The van der Waals surface area contributed by atoms with Crippen LogP contribution in [0.4, 0.5) is 0 Å². The molecule has 3 heteroatoms. The molecular weight excluding hydrogens is 132 g/mol. The Hall–Kier alpha value is -0.570. The van der Waals surface area contributed by atoms with Crippen LogP contribution >= 0.6 is 0 Å². The monoisotopic (exact) mass is 144 g/mol. The maximum absolute atomic E-state index is 10.4. The first-order valence-corrected chi connectivity index (χ1v) is 3.54. The lowest BCUT2D eigenvalue weighted by atomic mass is 10.3. The molecule has 0 radical (unpaired) electrons. The minimum atomic E-state index is -0.260. The maximum Gasteiger partial charge on any atom is 0.302 e. The van der Waals surface area contributed by atoms with Crippen molar-refractivity contribution in [2.75, 3.05) is 0 Å². The standard InChI is InChI=1S/C7H12O3/c1-5(8)10-7-3-2-6(9)4-7/h6-7,9H,2-4H2,1H3/t6-,7?/m0/s1. The Balaban J connectivity index is 2.24. The van der Waals surface area contributed by atoms with E-state index in [2.05, 4.69) is 0 Å². The van der Waals surface area contributed by atoms with E-state index in [-0.39, 0.29) is 18.2 Å². The van der Waals surface area contributed by atoms with Crippen molar-refractivity contribution < 1.29 is 14.6 Å². The predicted molar refractivity (Wildman–Crippen MR) is 35.4 cm³/mol. The Morgan fingerprint density at radius 2 is 2.30 bits per heavy atom. The smallest absolute Gasteiger partial charge is 0.302 e. The van der Waals surface area contributed by atoms with E-state index in [1.54, 1.807) is 0 Å². The minimum Gasteiger partial charge on any atom is -0.462 e. The van der Waals surface area contributed by atoms with E-state index in [0.29, 0.717) is 6.42 Å². The number of hydrogen-bond acceptors (Lipinski definition) is 3. The molecule has 1 rings (SSSR count). The molecule has 3 nitrogen and oxygen atoms in total. The first-order chi connectivity index (χ1) is 4.68. The lowest BCUT2D eigenvalue weighted by Crippen LogP contribution is -2.13. The molecule has 0 aromatic heterocycles. The molecular formula is C7H12O3. The molecule has 0 aliphatic heterocycles. The van der Waals surface area contributed by atoms with Crippen LogP contribution in [0.15, 0.2) is 0 Å². The Bertz CT molecular complexity index is 133. The first-order valence-electron chi connectivity index (χ1n) is 3.54. The number of carbonyl (C=O) groups excluding carboxylic acids is 1. The van der Waals surface area contributed by atoms with E-state index in [1.807, 2.05) is 0 Å². The van der Waals surface area contributed by atoms with E-state index >= 15 is 0 Å². The summed E-state index contributed by atoms with van der Waals surface area (Å²) in [6.45, 7) is 1.39. The summed E-state index contributed by atoms with van der Waals surface area (Å²) in [7, 11) is 0. The van der Waals surface area contributed by atoms with Crippen LogP contribution in [0.5, 0.6) is 0 Å². The number of rotatable bonds is 1. The minimum absolute atomic E-state index is 0.0347. The molecule has 2 atom stereocenters. The van der Waals surface area contributed by atoms with Gasteiger partial charge in [-0.3, -0.25) is 4.79 Å². The summed E-state index contributed by atoms with van der Waals surface area (Å²) in [5.74, 6) is -0.251. The average molecular weight is 144 g/mol. The number of carbonyl (C=O) groups is 1. The van der Waals surface area contributed by atoms with Gasteiger partial charge in [-0.1, -0.05) is 0 Å². The summed E-state index contributed by atoms with van der Waals surface area (Å²) in [5, 5.41) is 9.02. The Labute approximate surface area is 60.0 Å². The zero-order valence-electron chi connectivity index (χ0n) is 6.04. The van der Waals surface area contributed by atoms with Crippen molar-refractivity contribution in [1.82, 2.24) is 0 Å². The molecule has 0 saturated heterocycles. The highest BCUT2D eigenvalue weighted by molar-refractivity contribution is 5.66. The van der Waals surface area contributed by atoms with Crippen LogP contribution in [0.25, 0.3) is 0 Å². The van der Waals surface area contributed by atoms with Gasteiger partial charge in [0.15, 0.2) is 0 Å². The molecule has 0 spiro atoms. The molecule has 0 heterocycles. The van der Waals surface area contributed by atoms with Gasteiger partial charge < -0.3 is 9.84 Å². The molecule has 0 bridgehead atoms. The van der Waals surface area contributed by atoms with E-state index in [0.717, 1.165) is 12.8 Å². The maximum atomic E-state index is 10.4. The van der Waals surface area contributed by atoms with Gasteiger partial charge in [-0.2, -0.15) is 0 Å². The molecule has 1 N–H and O–H groups in total. The summed E-state index contributed by atoms with van der Waals surface area (Å²) >= 11 is 0. The largest absolute Gasteiger partial charge is 0.462 e.